The van der Waals surface area contributed by atoms with Crippen LogP contribution < -0.4 is 11.1 Å². The molecule has 3 N–H and O–H groups in total. The molecule has 3 nitrogen and oxygen atoms in total. The van der Waals surface area contributed by atoms with Gasteiger partial charge in [-0.3, -0.25) is 4.79 Å². The van der Waals surface area contributed by atoms with Crippen molar-refractivity contribution in [3.05, 3.63) is 34.4 Å². The fourth-order valence-corrected chi connectivity index (χ4v) is 4.85. The Bertz CT molecular complexity index is 666. The minimum atomic E-state index is -4.43. The molecule has 0 aliphatic heterocycles. The Morgan fingerprint density at radius 2 is 1.85 bits per heavy atom. The predicted octanol–water partition coefficient (Wildman–Crippen LogP) is 4.54. The minimum Gasteiger partial charge on any atom is -0.366 e. The molecular weight excluding hydrogens is 341 g/mol. The molecule has 2 fully saturated rings. The van der Waals surface area contributed by atoms with Crippen LogP contribution in [0.25, 0.3) is 0 Å². The largest absolute Gasteiger partial charge is 0.416 e. The molecule has 1 aromatic rings. The van der Waals surface area contributed by atoms with Gasteiger partial charge < -0.3 is 11.1 Å². The molecule has 3 rings (SSSR count). The number of benzene rings is 1. The maximum Gasteiger partial charge on any atom is 0.416 e. The van der Waals surface area contributed by atoms with Crippen molar-refractivity contribution >= 4 is 5.91 Å². The van der Waals surface area contributed by atoms with Crippen molar-refractivity contribution in [1.82, 2.24) is 5.32 Å². The number of primary amides is 1. The number of nitrogens with one attached hydrogen (secondary N) is 1. The van der Waals surface area contributed by atoms with Crippen LogP contribution in [-0.4, -0.2) is 18.0 Å². The fraction of sp³-hybridized carbons (Fsp3) is 0.650. The van der Waals surface area contributed by atoms with Gasteiger partial charge in [0.15, 0.2) is 0 Å². The maximum absolute atomic E-state index is 13.7. The number of rotatable bonds is 5. The van der Waals surface area contributed by atoms with Crippen LogP contribution in [0.3, 0.4) is 0 Å². The highest BCUT2D eigenvalue weighted by Crippen LogP contribution is 2.44. The summed E-state index contributed by atoms with van der Waals surface area (Å²) < 4.78 is 41.2. The topological polar surface area (TPSA) is 55.1 Å². The lowest BCUT2D eigenvalue weighted by atomic mass is 9.82. The first-order chi connectivity index (χ1) is 12.3. The van der Waals surface area contributed by atoms with E-state index in [1.165, 1.54) is 18.9 Å². The molecule has 2 unspecified atom stereocenters. The Morgan fingerprint density at radius 3 is 2.42 bits per heavy atom. The standard InChI is InChI=1S/C20H27F3N2O/c1-2-13-14(19(24)26)10-11-16(20(21,22)23)18(13)15-8-5-9-17(15)25-12-6-3-4-7-12/h10-12,15,17,25H,2-9H2,1H3,(H2,24,26). The van der Waals surface area contributed by atoms with E-state index in [1.807, 2.05) is 0 Å². The summed E-state index contributed by atoms with van der Waals surface area (Å²) in [7, 11) is 0. The second-order valence-electron chi connectivity index (χ2n) is 7.56. The lowest BCUT2D eigenvalue weighted by Gasteiger charge is -2.29. The lowest BCUT2D eigenvalue weighted by molar-refractivity contribution is -0.138. The van der Waals surface area contributed by atoms with Gasteiger partial charge in [-0.15, -0.1) is 0 Å². The average molecular weight is 368 g/mol. The number of amides is 1. The first-order valence-electron chi connectivity index (χ1n) is 9.61. The van der Waals surface area contributed by atoms with Gasteiger partial charge in [-0.25, -0.2) is 0 Å². The van der Waals surface area contributed by atoms with E-state index in [0.717, 1.165) is 31.7 Å². The van der Waals surface area contributed by atoms with Gasteiger partial charge in [0, 0.05) is 23.6 Å². The predicted molar refractivity (Wildman–Crippen MR) is 95.1 cm³/mol. The molecule has 1 aromatic carbocycles. The third kappa shape index (κ3) is 3.75. The van der Waals surface area contributed by atoms with Crippen LogP contribution in [0.5, 0.6) is 0 Å². The summed E-state index contributed by atoms with van der Waals surface area (Å²) in [5.74, 6) is -0.878. The quantitative estimate of drug-likeness (QED) is 0.802. The summed E-state index contributed by atoms with van der Waals surface area (Å²) in [6.07, 6.45) is 2.97. The molecule has 0 spiro atoms. The van der Waals surface area contributed by atoms with Crippen molar-refractivity contribution in [3.8, 4) is 0 Å². The Morgan fingerprint density at radius 1 is 1.15 bits per heavy atom. The number of nitrogens with two attached hydrogens (primary N) is 1. The van der Waals surface area contributed by atoms with Crippen LogP contribution in [0.2, 0.25) is 0 Å². The highest BCUT2D eigenvalue weighted by molar-refractivity contribution is 5.95. The number of hydrogen-bond donors (Lipinski definition) is 2. The number of carbonyl (C=O) groups is 1. The summed E-state index contributed by atoms with van der Waals surface area (Å²) in [6, 6.07) is 2.72. The van der Waals surface area contributed by atoms with E-state index in [9.17, 15) is 18.0 Å². The van der Waals surface area contributed by atoms with E-state index >= 15 is 0 Å². The first kappa shape index (κ1) is 19.2. The normalized spacial score (nSPS) is 24.3. The summed E-state index contributed by atoms with van der Waals surface area (Å²) >= 11 is 0. The van der Waals surface area contributed by atoms with Gasteiger partial charge in [-0.1, -0.05) is 26.2 Å². The van der Waals surface area contributed by atoms with Crippen molar-refractivity contribution in [2.45, 2.75) is 82.5 Å². The zero-order valence-electron chi connectivity index (χ0n) is 15.2. The molecular formula is C20H27F3N2O. The number of hydrogen-bond acceptors (Lipinski definition) is 2. The van der Waals surface area contributed by atoms with Gasteiger partial charge in [0.2, 0.25) is 5.91 Å². The van der Waals surface area contributed by atoms with Crippen molar-refractivity contribution in [2.24, 2.45) is 5.73 Å². The van der Waals surface area contributed by atoms with Crippen LogP contribution in [-0.2, 0) is 12.6 Å². The number of carbonyl (C=O) groups excluding carboxylic acids is 1. The molecule has 144 valence electrons. The molecule has 26 heavy (non-hydrogen) atoms. The van der Waals surface area contributed by atoms with Gasteiger partial charge in [0.1, 0.15) is 0 Å². The van der Waals surface area contributed by atoms with E-state index in [-0.39, 0.29) is 17.5 Å². The summed E-state index contributed by atoms with van der Waals surface area (Å²) in [6.45, 7) is 1.79. The van der Waals surface area contributed by atoms with Crippen LogP contribution in [0, 0.1) is 0 Å². The summed E-state index contributed by atoms with van der Waals surface area (Å²) in [5, 5.41) is 3.62. The molecule has 0 bridgehead atoms. The smallest absolute Gasteiger partial charge is 0.366 e. The van der Waals surface area contributed by atoms with Crippen LogP contribution in [0.4, 0.5) is 13.2 Å². The maximum atomic E-state index is 13.7. The highest BCUT2D eigenvalue weighted by atomic mass is 19.4. The molecule has 2 aliphatic rings. The SMILES string of the molecule is CCc1c(C(N)=O)ccc(C(F)(F)F)c1C1CCCC1NC1CCCC1. The molecule has 0 aromatic heterocycles. The molecule has 1 amide bonds. The zero-order chi connectivity index (χ0) is 18.9. The monoisotopic (exact) mass is 368 g/mol. The first-order valence-corrected chi connectivity index (χ1v) is 9.61. The lowest BCUT2D eigenvalue weighted by Crippen LogP contribution is -2.39. The minimum absolute atomic E-state index is 0.0348. The number of halogens is 3. The van der Waals surface area contributed by atoms with Crippen molar-refractivity contribution in [2.75, 3.05) is 0 Å². The van der Waals surface area contributed by atoms with Crippen molar-refractivity contribution < 1.29 is 18.0 Å². The molecule has 0 saturated heterocycles. The van der Waals surface area contributed by atoms with E-state index in [0.29, 0.717) is 30.0 Å². The van der Waals surface area contributed by atoms with Gasteiger partial charge in [0.05, 0.1) is 5.56 Å². The fourth-order valence-electron chi connectivity index (χ4n) is 4.85. The average Bonchev–Trinajstić information content (AvgIpc) is 3.24. The van der Waals surface area contributed by atoms with Crippen molar-refractivity contribution in [1.29, 1.82) is 0 Å². The van der Waals surface area contributed by atoms with E-state index in [2.05, 4.69) is 5.32 Å². The van der Waals surface area contributed by atoms with Gasteiger partial charge in [-0.2, -0.15) is 13.2 Å². The Hall–Kier alpha value is -1.56. The van der Waals surface area contributed by atoms with E-state index < -0.39 is 17.6 Å². The third-order valence-corrected chi connectivity index (χ3v) is 5.97. The molecule has 2 saturated carbocycles. The van der Waals surface area contributed by atoms with E-state index in [4.69, 9.17) is 5.73 Å². The highest BCUT2D eigenvalue weighted by Gasteiger charge is 2.41. The Balaban J connectivity index is 2.05. The van der Waals surface area contributed by atoms with Gasteiger partial charge in [0.25, 0.3) is 0 Å². The second-order valence-corrected chi connectivity index (χ2v) is 7.56. The molecule has 0 heterocycles. The molecule has 6 heteroatoms. The van der Waals surface area contributed by atoms with Crippen molar-refractivity contribution in [3.63, 3.8) is 0 Å². The molecule has 2 aliphatic carbocycles. The summed E-state index contributed by atoms with van der Waals surface area (Å²) in [4.78, 5) is 11.8. The molecule has 2 atom stereocenters. The van der Waals surface area contributed by atoms with Crippen LogP contribution >= 0.6 is 0 Å². The van der Waals surface area contributed by atoms with Crippen LogP contribution in [0.1, 0.15) is 84.8 Å². The van der Waals surface area contributed by atoms with Gasteiger partial charge >= 0.3 is 6.18 Å². The Labute approximate surface area is 152 Å². The number of alkyl halides is 3. The third-order valence-electron chi connectivity index (χ3n) is 5.97. The Kier molecular flexibility index (Phi) is 5.61. The summed E-state index contributed by atoms with van der Waals surface area (Å²) in [5.41, 5.74) is 5.83. The molecule has 0 radical (unpaired) electrons. The van der Waals surface area contributed by atoms with E-state index in [1.54, 1.807) is 6.92 Å². The zero-order valence-corrected chi connectivity index (χ0v) is 15.2. The van der Waals surface area contributed by atoms with Crippen LogP contribution in [0.15, 0.2) is 12.1 Å². The second kappa shape index (κ2) is 7.59. The van der Waals surface area contributed by atoms with Gasteiger partial charge in [-0.05, 0) is 55.4 Å².